The van der Waals surface area contributed by atoms with Crippen LogP contribution >= 0.6 is 23.8 Å². The lowest BCUT2D eigenvalue weighted by Gasteiger charge is -2.14. The van der Waals surface area contributed by atoms with Gasteiger partial charge in [0.2, 0.25) is 0 Å². The molecule has 2 N–H and O–H groups in total. The number of nitrogens with one attached hydrogen (secondary N) is 2. The smallest absolute Gasteiger partial charge is 0.171 e. The van der Waals surface area contributed by atoms with Crippen LogP contribution in [0.2, 0.25) is 5.02 Å². The molecular weight excluding hydrogens is 355 g/mol. The van der Waals surface area contributed by atoms with Gasteiger partial charge in [0.15, 0.2) is 5.11 Å². The van der Waals surface area contributed by atoms with Crippen LogP contribution in [0.25, 0.3) is 11.1 Å². The number of halogens is 2. The van der Waals surface area contributed by atoms with E-state index in [1.807, 2.05) is 42.5 Å². The summed E-state index contributed by atoms with van der Waals surface area (Å²) in [5, 5.41) is 6.92. The van der Waals surface area contributed by atoms with Gasteiger partial charge in [-0.15, -0.1) is 0 Å². The Hall–Kier alpha value is -2.43. The third-order valence-corrected chi connectivity index (χ3v) is 4.23. The SMILES string of the molecule is Fc1ccc(CNC(=S)Nc2ccccc2-c2ccccc2)cc1Cl. The summed E-state index contributed by atoms with van der Waals surface area (Å²) in [6, 6.07) is 22.7. The first-order valence-electron chi connectivity index (χ1n) is 7.77. The Bertz CT molecular complexity index is 884. The van der Waals surface area contributed by atoms with E-state index in [1.165, 1.54) is 6.07 Å². The molecule has 2 nitrogen and oxygen atoms in total. The summed E-state index contributed by atoms with van der Waals surface area (Å²) in [4.78, 5) is 0. The zero-order chi connectivity index (χ0) is 17.6. The molecule has 0 atom stereocenters. The molecule has 0 saturated heterocycles. The summed E-state index contributed by atoms with van der Waals surface area (Å²) >= 11 is 11.2. The fraction of sp³-hybridized carbons (Fsp3) is 0.0500. The van der Waals surface area contributed by atoms with Crippen LogP contribution in [-0.4, -0.2) is 5.11 Å². The quantitative estimate of drug-likeness (QED) is 0.582. The Balaban J connectivity index is 1.68. The predicted molar refractivity (Wildman–Crippen MR) is 106 cm³/mol. The topological polar surface area (TPSA) is 24.1 Å². The van der Waals surface area contributed by atoms with Gasteiger partial charge in [-0.1, -0.05) is 66.2 Å². The van der Waals surface area contributed by atoms with Crippen molar-refractivity contribution >= 4 is 34.6 Å². The number of benzene rings is 3. The maximum absolute atomic E-state index is 13.2. The lowest BCUT2D eigenvalue weighted by molar-refractivity contribution is 0.627. The van der Waals surface area contributed by atoms with Crippen LogP contribution in [-0.2, 0) is 6.54 Å². The third-order valence-electron chi connectivity index (χ3n) is 3.70. The van der Waals surface area contributed by atoms with Crippen molar-refractivity contribution in [3.05, 3.63) is 89.2 Å². The number of rotatable bonds is 4. The van der Waals surface area contributed by atoms with Crippen molar-refractivity contribution in [1.29, 1.82) is 0 Å². The molecule has 0 heterocycles. The predicted octanol–water partition coefficient (Wildman–Crippen LogP) is 5.63. The van der Waals surface area contributed by atoms with Gasteiger partial charge in [-0.3, -0.25) is 0 Å². The number of anilines is 1. The molecule has 0 aromatic heterocycles. The highest BCUT2D eigenvalue weighted by molar-refractivity contribution is 7.80. The van der Waals surface area contributed by atoms with E-state index in [9.17, 15) is 4.39 Å². The molecule has 0 aliphatic heterocycles. The second kappa shape index (κ2) is 8.10. The molecule has 0 saturated carbocycles. The van der Waals surface area contributed by atoms with Crippen LogP contribution in [0.5, 0.6) is 0 Å². The Morgan fingerprint density at radius 2 is 1.68 bits per heavy atom. The largest absolute Gasteiger partial charge is 0.358 e. The average molecular weight is 371 g/mol. The van der Waals surface area contributed by atoms with Crippen LogP contribution in [0.15, 0.2) is 72.8 Å². The van der Waals surface area contributed by atoms with Gasteiger partial charge < -0.3 is 10.6 Å². The Kier molecular flexibility index (Phi) is 5.64. The monoisotopic (exact) mass is 370 g/mol. The summed E-state index contributed by atoms with van der Waals surface area (Å²) in [7, 11) is 0. The van der Waals surface area contributed by atoms with E-state index in [0.29, 0.717) is 11.7 Å². The van der Waals surface area contributed by atoms with Gasteiger partial charge in [0.1, 0.15) is 5.82 Å². The lowest BCUT2D eigenvalue weighted by atomic mass is 10.0. The normalized spacial score (nSPS) is 10.3. The number of hydrogen-bond acceptors (Lipinski definition) is 1. The first kappa shape index (κ1) is 17.4. The minimum Gasteiger partial charge on any atom is -0.358 e. The zero-order valence-corrected chi connectivity index (χ0v) is 14.9. The number of hydrogen-bond donors (Lipinski definition) is 2. The minimum absolute atomic E-state index is 0.104. The molecule has 25 heavy (non-hydrogen) atoms. The minimum atomic E-state index is -0.428. The lowest BCUT2D eigenvalue weighted by Crippen LogP contribution is -2.28. The molecule has 5 heteroatoms. The van der Waals surface area contributed by atoms with E-state index in [2.05, 4.69) is 22.8 Å². The van der Waals surface area contributed by atoms with Crippen molar-refractivity contribution in [2.24, 2.45) is 0 Å². The van der Waals surface area contributed by atoms with Gasteiger partial charge in [-0.05, 0) is 41.5 Å². The molecule has 0 aliphatic carbocycles. The summed E-state index contributed by atoms with van der Waals surface area (Å²) in [6.45, 7) is 0.458. The molecular formula is C20H16ClFN2S. The standard InChI is InChI=1S/C20H16ClFN2S/c21-17-12-14(10-11-18(17)22)13-23-20(25)24-19-9-5-4-8-16(19)15-6-2-1-3-7-15/h1-12H,13H2,(H2,23,24,25). The summed E-state index contributed by atoms with van der Waals surface area (Å²) < 4.78 is 13.2. The van der Waals surface area contributed by atoms with Crippen molar-refractivity contribution < 1.29 is 4.39 Å². The van der Waals surface area contributed by atoms with Gasteiger partial charge >= 0.3 is 0 Å². The summed E-state index contributed by atoms with van der Waals surface area (Å²) in [6.07, 6.45) is 0. The highest BCUT2D eigenvalue weighted by atomic mass is 35.5. The maximum Gasteiger partial charge on any atom is 0.171 e. The van der Waals surface area contributed by atoms with Gasteiger partial charge in [0.25, 0.3) is 0 Å². The highest BCUT2D eigenvalue weighted by Gasteiger charge is 2.06. The molecule has 3 aromatic carbocycles. The molecule has 0 fully saturated rings. The van der Waals surface area contributed by atoms with Gasteiger partial charge in [0, 0.05) is 17.8 Å². The molecule has 126 valence electrons. The Morgan fingerprint density at radius 3 is 2.44 bits per heavy atom. The van der Waals surface area contributed by atoms with E-state index in [-0.39, 0.29) is 5.02 Å². The van der Waals surface area contributed by atoms with E-state index < -0.39 is 5.82 Å². The van der Waals surface area contributed by atoms with Gasteiger partial charge in [-0.25, -0.2) is 4.39 Å². The van der Waals surface area contributed by atoms with Crippen molar-refractivity contribution in [2.75, 3.05) is 5.32 Å². The van der Waals surface area contributed by atoms with Crippen LogP contribution in [0.3, 0.4) is 0 Å². The summed E-state index contributed by atoms with van der Waals surface area (Å²) in [5.41, 5.74) is 3.95. The highest BCUT2D eigenvalue weighted by Crippen LogP contribution is 2.27. The molecule has 3 aromatic rings. The van der Waals surface area contributed by atoms with E-state index in [0.717, 1.165) is 22.4 Å². The molecule has 0 aliphatic rings. The van der Waals surface area contributed by atoms with Gasteiger partial charge in [-0.2, -0.15) is 0 Å². The molecule has 3 rings (SSSR count). The fourth-order valence-corrected chi connectivity index (χ4v) is 2.85. The first-order chi connectivity index (χ1) is 12.1. The molecule has 0 unspecified atom stereocenters. The summed E-state index contributed by atoms with van der Waals surface area (Å²) in [5.74, 6) is -0.428. The van der Waals surface area contributed by atoms with Crippen molar-refractivity contribution in [3.63, 3.8) is 0 Å². The second-order valence-electron chi connectivity index (χ2n) is 5.47. The molecule has 0 bridgehead atoms. The van der Waals surface area contributed by atoms with Crippen LogP contribution in [0.4, 0.5) is 10.1 Å². The van der Waals surface area contributed by atoms with Crippen molar-refractivity contribution in [2.45, 2.75) is 6.54 Å². The van der Waals surface area contributed by atoms with Crippen LogP contribution in [0.1, 0.15) is 5.56 Å². The average Bonchev–Trinajstić information content (AvgIpc) is 2.64. The van der Waals surface area contributed by atoms with E-state index in [1.54, 1.807) is 12.1 Å². The number of thiocarbonyl (C=S) groups is 1. The van der Waals surface area contributed by atoms with Crippen molar-refractivity contribution in [1.82, 2.24) is 5.32 Å². The van der Waals surface area contributed by atoms with Gasteiger partial charge in [0.05, 0.1) is 5.02 Å². The maximum atomic E-state index is 13.2. The van der Waals surface area contributed by atoms with E-state index in [4.69, 9.17) is 23.8 Å². The van der Waals surface area contributed by atoms with Crippen LogP contribution < -0.4 is 10.6 Å². The fourth-order valence-electron chi connectivity index (χ4n) is 2.46. The molecule has 0 amide bonds. The zero-order valence-electron chi connectivity index (χ0n) is 13.3. The van der Waals surface area contributed by atoms with E-state index >= 15 is 0 Å². The van der Waals surface area contributed by atoms with Crippen molar-refractivity contribution in [3.8, 4) is 11.1 Å². The molecule has 0 spiro atoms. The third kappa shape index (κ3) is 4.56. The Morgan fingerprint density at radius 1 is 0.960 bits per heavy atom. The Labute approximate surface area is 156 Å². The number of para-hydroxylation sites is 1. The molecule has 0 radical (unpaired) electrons. The first-order valence-corrected chi connectivity index (χ1v) is 8.55. The van der Waals surface area contributed by atoms with Crippen LogP contribution in [0, 0.1) is 5.82 Å². The second-order valence-corrected chi connectivity index (χ2v) is 6.28.